The highest BCUT2D eigenvalue weighted by Gasteiger charge is 2.27. The van der Waals surface area contributed by atoms with Gasteiger partial charge >= 0.3 is 6.09 Å². The number of hydrogen-bond acceptors (Lipinski definition) is 3. The van der Waals surface area contributed by atoms with Crippen molar-refractivity contribution >= 4 is 6.09 Å². The summed E-state index contributed by atoms with van der Waals surface area (Å²) < 4.78 is 5.18. The number of rotatable bonds is 2. The molecular weight excluding hydrogens is 220 g/mol. The summed E-state index contributed by atoms with van der Waals surface area (Å²) in [5.74, 6) is 0. The highest BCUT2D eigenvalue weighted by Crippen LogP contribution is 2.22. The zero-order valence-corrected chi connectivity index (χ0v) is 10.6. The van der Waals surface area contributed by atoms with Crippen LogP contribution in [-0.2, 0) is 4.74 Å². The second kappa shape index (κ2) is 5.77. The fraction of sp³-hybridized carbons (Fsp3) is 0.909. The van der Waals surface area contributed by atoms with Crippen LogP contribution in [0.15, 0.2) is 5.11 Å². The van der Waals surface area contributed by atoms with Gasteiger partial charge in [-0.1, -0.05) is 18.0 Å². The normalized spacial score (nSPS) is 24.6. The highest BCUT2D eigenvalue weighted by molar-refractivity contribution is 5.68. The Bertz CT molecular complexity index is 318. The van der Waals surface area contributed by atoms with Crippen molar-refractivity contribution in [1.29, 1.82) is 0 Å². The molecular formula is C11H20N4O2. The summed E-state index contributed by atoms with van der Waals surface area (Å²) in [5, 5.41) is 6.51. The van der Waals surface area contributed by atoms with Gasteiger partial charge in [-0.05, 0) is 39.1 Å². The van der Waals surface area contributed by atoms with Crippen molar-refractivity contribution in [3.05, 3.63) is 10.4 Å². The highest BCUT2D eigenvalue weighted by atomic mass is 16.6. The van der Waals surface area contributed by atoms with Crippen molar-refractivity contribution < 1.29 is 9.53 Å². The molecule has 0 bridgehead atoms. The largest absolute Gasteiger partial charge is 0.444 e. The number of nitrogens with zero attached hydrogens (tertiary/aromatic N) is 3. The third kappa shape index (κ3) is 4.95. The Labute approximate surface area is 101 Å². The van der Waals surface area contributed by atoms with Crippen LogP contribution in [0, 0.1) is 0 Å². The van der Waals surface area contributed by atoms with Crippen molar-refractivity contribution in [1.82, 2.24) is 5.32 Å². The first-order valence-electron chi connectivity index (χ1n) is 5.96. The van der Waals surface area contributed by atoms with Crippen LogP contribution in [0.3, 0.4) is 0 Å². The molecule has 96 valence electrons. The van der Waals surface area contributed by atoms with Crippen LogP contribution in [0.1, 0.15) is 46.5 Å². The molecule has 6 heteroatoms. The SMILES string of the molecule is CC(C)(C)OC(=O)N[C@@H]1CCCCC1N=[N+]=[N-]. The van der Waals surface area contributed by atoms with Gasteiger partial charge in [0.1, 0.15) is 5.60 Å². The lowest BCUT2D eigenvalue weighted by molar-refractivity contribution is 0.0486. The van der Waals surface area contributed by atoms with Crippen molar-refractivity contribution in [2.45, 2.75) is 64.1 Å². The predicted molar refractivity (Wildman–Crippen MR) is 64.6 cm³/mol. The molecule has 0 radical (unpaired) electrons. The van der Waals surface area contributed by atoms with Gasteiger partial charge in [-0.25, -0.2) is 4.79 Å². The smallest absolute Gasteiger partial charge is 0.407 e. The number of carbonyl (C=O) groups is 1. The summed E-state index contributed by atoms with van der Waals surface area (Å²) in [4.78, 5) is 14.4. The molecule has 0 aliphatic heterocycles. The van der Waals surface area contributed by atoms with Crippen LogP contribution in [-0.4, -0.2) is 23.8 Å². The molecule has 2 atom stereocenters. The van der Waals surface area contributed by atoms with E-state index in [-0.39, 0.29) is 12.1 Å². The van der Waals surface area contributed by atoms with Crippen molar-refractivity contribution in [2.24, 2.45) is 5.11 Å². The van der Waals surface area contributed by atoms with Crippen molar-refractivity contribution in [2.75, 3.05) is 0 Å². The Hall–Kier alpha value is -1.42. The number of hydrogen-bond donors (Lipinski definition) is 1. The Balaban J connectivity index is 2.53. The molecule has 1 amide bonds. The van der Waals surface area contributed by atoms with Gasteiger partial charge in [-0.3, -0.25) is 0 Å². The lowest BCUT2D eigenvalue weighted by atomic mass is 9.91. The monoisotopic (exact) mass is 240 g/mol. The molecule has 1 N–H and O–H groups in total. The van der Waals surface area contributed by atoms with Crippen LogP contribution in [0.2, 0.25) is 0 Å². The van der Waals surface area contributed by atoms with Crippen molar-refractivity contribution in [3.63, 3.8) is 0 Å². The van der Waals surface area contributed by atoms with E-state index in [9.17, 15) is 4.79 Å². The molecule has 0 heterocycles. The minimum atomic E-state index is -0.507. The van der Waals surface area contributed by atoms with E-state index in [1.165, 1.54) is 0 Å². The van der Waals surface area contributed by atoms with Gasteiger partial charge in [-0.15, -0.1) is 0 Å². The van der Waals surface area contributed by atoms with E-state index in [4.69, 9.17) is 10.3 Å². The van der Waals surface area contributed by atoms with Gasteiger partial charge in [0.15, 0.2) is 0 Å². The first kappa shape index (κ1) is 13.6. The molecule has 1 fully saturated rings. The topological polar surface area (TPSA) is 87.1 Å². The molecule has 1 saturated carbocycles. The molecule has 1 unspecified atom stereocenters. The lowest BCUT2D eigenvalue weighted by Gasteiger charge is -2.30. The Morgan fingerprint density at radius 1 is 1.41 bits per heavy atom. The maximum absolute atomic E-state index is 11.6. The summed E-state index contributed by atoms with van der Waals surface area (Å²) in [6, 6.07) is -0.254. The number of carbonyl (C=O) groups excluding carboxylic acids is 1. The Morgan fingerprint density at radius 3 is 2.65 bits per heavy atom. The number of ether oxygens (including phenoxy) is 1. The van der Waals surface area contributed by atoms with E-state index in [1.807, 2.05) is 20.8 Å². The molecule has 0 aromatic carbocycles. The van der Waals surface area contributed by atoms with Gasteiger partial charge in [0.2, 0.25) is 0 Å². The molecule has 1 aliphatic carbocycles. The minimum Gasteiger partial charge on any atom is -0.444 e. The van der Waals surface area contributed by atoms with Crippen LogP contribution in [0.25, 0.3) is 10.4 Å². The van der Waals surface area contributed by atoms with Crippen LogP contribution >= 0.6 is 0 Å². The summed E-state index contributed by atoms with van der Waals surface area (Å²) in [6.45, 7) is 5.45. The van der Waals surface area contributed by atoms with Gasteiger partial charge < -0.3 is 10.1 Å². The quantitative estimate of drug-likeness (QED) is 0.456. The van der Waals surface area contributed by atoms with Crippen LogP contribution in [0.4, 0.5) is 4.79 Å². The first-order chi connectivity index (χ1) is 7.92. The van der Waals surface area contributed by atoms with E-state index in [1.54, 1.807) is 0 Å². The zero-order valence-electron chi connectivity index (χ0n) is 10.6. The van der Waals surface area contributed by atoms with Crippen molar-refractivity contribution in [3.8, 4) is 0 Å². The lowest BCUT2D eigenvalue weighted by Crippen LogP contribution is -2.46. The summed E-state index contributed by atoms with van der Waals surface area (Å²) in [5.41, 5.74) is 7.96. The standard InChI is InChI=1S/C11H20N4O2/c1-11(2,3)17-10(16)13-8-6-4-5-7-9(8)14-15-12/h8-9H,4-7H2,1-3H3,(H,13,16)/t8-,9?/m1/s1. The second-order valence-corrected chi connectivity index (χ2v) is 5.31. The second-order valence-electron chi connectivity index (χ2n) is 5.31. The maximum Gasteiger partial charge on any atom is 0.407 e. The molecule has 1 aliphatic rings. The molecule has 17 heavy (non-hydrogen) atoms. The molecule has 0 aromatic rings. The third-order valence-corrected chi connectivity index (χ3v) is 2.63. The first-order valence-corrected chi connectivity index (χ1v) is 5.96. The molecule has 0 spiro atoms. The van der Waals surface area contributed by atoms with Crippen LogP contribution < -0.4 is 5.32 Å². The molecule has 1 rings (SSSR count). The maximum atomic E-state index is 11.6. The Kier molecular flexibility index (Phi) is 4.63. The fourth-order valence-corrected chi connectivity index (χ4v) is 1.94. The summed E-state index contributed by atoms with van der Waals surface area (Å²) in [6.07, 6.45) is 3.30. The molecule has 6 nitrogen and oxygen atoms in total. The van der Waals surface area contributed by atoms with E-state index >= 15 is 0 Å². The van der Waals surface area contributed by atoms with Crippen LogP contribution in [0.5, 0.6) is 0 Å². The van der Waals surface area contributed by atoms with E-state index in [2.05, 4.69) is 15.3 Å². The van der Waals surface area contributed by atoms with E-state index in [0.717, 1.165) is 25.7 Å². The van der Waals surface area contributed by atoms with Gasteiger partial charge in [-0.2, -0.15) is 0 Å². The average molecular weight is 240 g/mol. The minimum absolute atomic E-state index is 0.102. The fourth-order valence-electron chi connectivity index (χ4n) is 1.94. The Morgan fingerprint density at radius 2 is 2.06 bits per heavy atom. The average Bonchev–Trinajstić information content (AvgIpc) is 2.18. The summed E-state index contributed by atoms with van der Waals surface area (Å²) >= 11 is 0. The third-order valence-electron chi connectivity index (χ3n) is 2.63. The zero-order chi connectivity index (χ0) is 12.9. The number of alkyl carbamates (subject to hydrolysis) is 1. The molecule has 0 aromatic heterocycles. The van der Waals surface area contributed by atoms with E-state index < -0.39 is 11.7 Å². The van der Waals surface area contributed by atoms with Gasteiger partial charge in [0, 0.05) is 11.0 Å². The molecule has 0 saturated heterocycles. The van der Waals surface area contributed by atoms with Gasteiger partial charge in [0.05, 0.1) is 6.04 Å². The summed E-state index contributed by atoms with van der Waals surface area (Å²) in [7, 11) is 0. The predicted octanol–water partition coefficient (Wildman–Crippen LogP) is 3.13. The van der Waals surface area contributed by atoms with Gasteiger partial charge in [0.25, 0.3) is 0 Å². The van der Waals surface area contributed by atoms with E-state index in [0.29, 0.717) is 0 Å². The number of nitrogens with one attached hydrogen (secondary N) is 1. The number of amides is 1. The number of azide groups is 1.